The van der Waals surface area contributed by atoms with Gasteiger partial charge in [-0.05, 0) is 36.8 Å². The SMILES string of the molecule is C[C@@H](NS(=O)(=O)c1ccc(OCC(=O)NCCO)cc1)c1ccccc1. The average molecular weight is 378 g/mol. The Bertz CT molecular complexity index is 807. The number of aliphatic hydroxyl groups is 1. The van der Waals surface area contributed by atoms with Crippen LogP contribution < -0.4 is 14.8 Å². The van der Waals surface area contributed by atoms with Crippen molar-refractivity contribution in [3.63, 3.8) is 0 Å². The molecule has 0 fully saturated rings. The van der Waals surface area contributed by atoms with Gasteiger partial charge in [0.25, 0.3) is 5.91 Å². The summed E-state index contributed by atoms with van der Waals surface area (Å²) in [5.74, 6) is 0.00769. The lowest BCUT2D eigenvalue weighted by Gasteiger charge is -2.15. The third-order valence-electron chi connectivity index (χ3n) is 3.57. The first-order valence-electron chi connectivity index (χ1n) is 8.10. The molecule has 0 spiro atoms. The van der Waals surface area contributed by atoms with Crippen LogP contribution in [0, 0.1) is 0 Å². The van der Waals surface area contributed by atoms with E-state index in [0.29, 0.717) is 5.75 Å². The van der Waals surface area contributed by atoms with Crippen LogP contribution in [0.4, 0.5) is 0 Å². The van der Waals surface area contributed by atoms with Crippen molar-refractivity contribution in [2.75, 3.05) is 19.8 Å². The summed E-state index contributed by atoms with van der Waals surface area (Å²) in [5, 5.41) is 11.1. The normalized spacial score (nSPS) is 12.4. The fourth-order valence-corrected chi connectivity index (χ4v) is 3.45. The summed E-state index contributed by atoms with van der Waals surface area (Å²) in [4.78, 5) is 11.5. The van der Waals surface area contributed by atoms with E-state index in [9.17, 15) is 13.2 Å². The van der Waals surface area contributed by atoms with Crippen LogP contribution in [0.5, 0.6) is 5.75 Å². The second-order valence-corrected chi connectivity index (χ2v) is 7.30. The van der Waals surface area contributed by atoms with Gasteiger partial charge in [0.1, 0.15) is 5.75 Å². The Balaban J connectivity index is 1.97. The molecule has 2 aromatic carbocycles. The van der Waals surface area contributed by atoms with Gasteiger partial charge in [-0.15, -0.1) is 0 Å². The smallest absolute Gasteiger partial charge is 0.258 e. The Morgan fingerprint density at radius 3 is 2.38 bits per heavy atom. The maximum atomic E-state index is 12.5. The van der Waals surface area contributed by atoms with E-state index in [-0.39, 0.29) is 36.6 Å². The minimum atomic E-state index is -3.68. The van der Waals surface area contributed by atoms with E-state index < -0.39 is 10.0 Å². The molecule has 7 nitrogen and oxygen atoms in total. The molecule has 2 aromatic rings. The average Bonchev–Trinajstić information content (AvgIpc) is 2.65. The van der Waals surface area contributed by atoms with Crippen molar-refractivity contribution in [2.45, 2.75) is 17.9 Å². The molecule has 1 amide bonds. The summed E-state index contributed by atoms with van der Waals surface area (Å²) in [7, 11) is -3.68. The number of benzene rings is 2. The van der Waals surface area contributed by atoms with Crippen molar-refractivity contribution in [1.29, 1.82) is 0 Å². The van der Waals surface area contributed by atoms with Crippen LogP contribution in [0.3, 0.4) is 0 Å². The first-order chi connectivity index (χ1) is 12.4. The Hall–Kier alpha value is -2.42. The molecular formula is C18H22N2O5S. The molecule has 0 bridgehead atoms. The Kier molecular flexibility index (Phi) is 7.14. The van der Waals surface area contributed by atoms with Crippen LogP contribution in [0.1, 0.15) is 18.5 Å². The van der Waals surface area contributed by atoms with Gasteiger partial charge in [-0.2, -0.15) is 0 Å². The van der Waals surface area contributed by atoms with Gasteiger partial charge in [0.15, 0.2) is 6.61 Å². The molecule has 8 heteroatoms. The van der Waals surface area contributed by atoms with Crippen LogP contribution in [0.15, 0.2) is 59.5 Å². The predicted octanol–water partition coefficient (Wildman–Crippen LogP) is 1.21. The molecule has 3 N–H and O–H groups in total. The zero-order valence-corrected chi connectivity index (χ0v) is 15.2. The van der Waals surface area contributed by atoms with Crippen molar-refractivity contribution < 1.29 is 23.1 Å². The third-order valence-corrected chi connectivity index (χ3v) is 5.13. The van der Waals surface area contributed by atoms with E-state index in [1.807, 2.05) is 30.3 Å². The maximum absolute atomic E-state index is 12.5. The summed E-state index contributed by atoms with van der Waals surface area (Å²) < 4.78 is 32.8. The second kappa shape index (κ2) is 9.33. The quantitative estimate of drug-likeness (QED) is 0.608. The van der Waals surface area contributed by atoms with Gasteiger partial charge in [0, 0.05) is 12.6 Å². The van der Waals surface area contributed by atoms with Crippen molar-refractivity contribution in [3.8, 4) is 5.75 Å². The first-order valence-corrected chi connectivity index (χ1v) is 9.58. The lowest BCUT2D eigenvalue weighted by molar-refractivity contribution is -0.123. The Labute approximate surface area is 153 Å². The second-order valence-electron chi connectivity index (χ2n) is 5.59. The van der Waals surface area contributed by atoms with E-state index in [0.717, 1.165) is 5.56 Å². The number of carbonyl (C=O) groups is 1. The van der Waals surface area contributed by atoms with Gasteiger partial charge in [-0.1, -0.05) is 30.3 Å². The fraction of sp³-hybridized carbons (Fsp3) is 0.278. The first kappa shape index (κ1) is 19.9. The largest absolute Gasteiger partial charge is 0.484 e. The van der Waals surface area contributed by atoms with Crippen LogP contribution >= 0.6 is 0 Å². The van der Waals surface area contributed by atoms with E-state index in [2.05, 4.69) is 10.0 Å². The van der Waals surface area contributed by atoms with Crippen LogP contribution in [-0.4, -0.2) is 39.2 Å². The molecular weight excluding hydrogens is 356 g/mol. The zero-order chi connectivity index (χ0) is 19.0. The molecule has 0 heterocycles. The van der Waals surface area contributed by atoms with Gasteiger partial charge in [-0.3, -0.25) is 4.79 Å². The topological polar surface area (TPSA) is 105 Å². The van der Waals surface area contributed by atoms with Crippen molar-refractivity contribution >= 4 is 15.9 Å². The summed E-state index contributed by atoms with van der Waals surface area (Å²) in [6.07, 6.45) is 0. The summed E-state index contributed by atoms with van der Waals surface area (Å²) in [5.41, 5.74) is 0.866. The van der Waals surface area contributed by atoms with Crippen molar-refractivity contribution in [3.05, 3.63) is 60.2 Å². The molecule has 0 unspecified atom stereocenters. The molecule has 0 aliphatic heterocycles. The summed E-state index contributed by atoms with van der Waals surface area (Å²) in [6, 6.07) is 14.7. The number of rotatable bonds is 9. The standard InChI is InChI=1S/C18H22N2O5S/c1-14(15-5-3-2-4-6-15)20-26(23,24)17-9-7-16(8-10-17)25-13-18(22)19-11-12-21/h2-10,14,20-21H,11-13H2,1H3,(H,19,22)/t14-/m1/s1. The molecule has 140 valence electrons. The molecule has 0 aliphatic rings. The third kappa shape index (κ3) is 5.83. The number of ether oxygens (including phenoxy) is 1. The highest BCUT2D eigenvalue weighted by molar-refractivity contribution is 7.89. The van der Waals surface area contributed by atoms with Crippen LogP contribution in [0.25, 0.3) is 0 Å². The lowest BCUT2D eigenvalue weighted by Crippen LogP contribution is -2.31. The molecule has 0 aliphatic carbocycles. The van der Waals surface area contributed by atoms with Crippen molar-refractivity contribution in [2.24, 2.45) is 0 Å². The molecule has 26 heavy (non-hydrogen) atoms. The van der Waals surface area contributed by atoms with Gasteiger partial charge in [-0.25, -0.2) is 13.1 Å². The number of sulfonamides is 1. The number of amides is 1. The molecule has 0 aromatic heterocycles. The van der Waals surface area contributed by atoms with Gasteiger partial charge < -0.3 is 15.2 Å². The van der Waals surface area contributed by atoms with Gasteiger partial charge in [0.2, 0.25) is 10.0 Å². The van der Waals surface area contributed by atoms with Gasteiger partial charge >= 0.3 is 0 Å². The van der Waals surface area contributed by atoms with Crippen LogP contribution in [0.2, 0.25) is 0 Å². The number of carbonyl (C=O) groups excluding carboxylic acids is 1. The molecule has 0 saturated carbocycles. The van der Waals surface area contributed by atoms with E-state index in [1.54, 1.807) is 6.92 Å². The Morgan fingerprint density at radius 2 is 1.77 bits per heavy atom. The van der Waals surface area contributed by atoms with E-state index in [4.69, 9.17) is 9.84 Å². The molecule has 0 radical (unpaired) electrons. The highest BCUT2D eigenvalue weighted by atomic mass is 32.2. The minimum absolute atomic E-state index is 0.109. The van der Waals surface area contributed by atoms with E-state index in [1.165, 1.54) is 24.3 Å². The number of aliphatic hydroxyl groups excluding tert-OH is 1. The highest BCUT2D eigenvalue weighted by Gasteiger charge is 2.18. The molecule has 1 atom stereocenters. The lowest BCUT2D eigenvalue weighted by atomic mass is 10.1. The monoisotopic (exact) mass is 378 g/mol. The molecule has 0 saturated heterocycles. The number of hydrogen-bond donors (Lipinski definition) is 3. The zero-order valence-electron chi connectivity index (χ0n) is 14.4. The number of hydrogen-bond acceptors (Lipinski definition) is 5. The Morgan fingerprint density at radius 1 is 1.12 bits per heavy atom. The van der Waals surface area contributed by atoms with E-state index >= 15 is 0 Å². The predicted molar refractivity (Wildman–Crippen MR) is 97.2 cm³/mol. The van der Waals surface area contributed by atoms with Crippen molar-refractivity contribution in [1.82, 2.24) is 10.0 Å². The minimum Gasteiger partial charge on any atom is -0.484 e. The highest BCUT2D eigenvalue weighted by Crippen LogP contribution is 2.19. The van der Waals surface area contributed by atoms with Gasteiger partial charge in [0.05, 0.1) is 11.5 Å². The number of nitrogens with one attached hydrogen (secondary N) is 2. The fourth-order valence-electron chi connectivity index (χ4n) is 2.22. The summed E-state index contributed by atoms with van der Waals surface area (Å²) in [6.45, 7) is 1.57. The summed E-state index contributed by atoms with van der Waals surface area (Å²) >= 11 is 0. The maximum Gasteiger partial charge on any atom is 0.258 e. The molecule has 2 rings (SSSR count). The van der Waals surface area contributed by atoms with Crippen LogP contribution in [-0.2, 0) is 14.8 Å².